The molecule has 4 atom stereocenters. The summed E-state index contributed by atoms with van der Waals surface area (Å²) in [7, 11) is 0. The molecule has 2 saturated heterocycles. The molecule has 0 bridgehead atoms. The molecule has 1 aromatic rings. The first-order chi connectivity index (χ1) is 14.9. The third-order valence-electron chi connectivity index (χ3n) is 5.02. The van der Waals surface area contributed by atoms with Gasteiger partial charge in [-0.2, -0.15) is 0 Å². The Morgan fingerprint density at radius 1 is 1.16 bits per heavy atom. The van der Waals surface area contributed by atoms with Crippen molar-refractivity contribution < 1.29 is 38.4 Å². The fourth-order valence-corrected chi connectivity index (χ4v) is 3.75. The topological polar surface area (TPSA) is 124 Å². The summed E-state index contributed by atoms with van der Waals surface area (Å²) in [6, 6.07) is 9.12. The van der Waals surface area contributed by atoms with Gasteiger partial charge in [-0.1, -0.05) is 30.3 Å². The lowest BCUT2D eigenvalue weighted by atomic mass is 9.90. The molecule has 0 aliphatic carbocycles. The van der Waals surface area contributed by atoms with Crippen molar-refractivity contribution in [3.63, 3.8) is 0 Å². The molecule has 0 aromatic heterocycles. The summed E-state index contributed by atoms with van der Waals surface area (Å²) in [5, 5.41) is 12.4. The van der Waals surface area contributed by atoms with Crippen molar-refractivity contribution in [2.24, 2.45) is 5.92 Å². The number of carboxylic acid groups (broad SMARTS) is 1. The highest BCUT2D eigenvalue weighted by Gasteiger charge is 2.57. The van der Waals surface area contributed by atoms with Gasteiger partial charge in [-0.25, -0.2) is 9.59 Å². The predicted octanol–water partition coefficient (Wildman–Crippen LogP) is 2.71. The van der Waals surface area contributed by atoms with Crippen molar-refractivity contribution in [2.75, 3.05) is 6.54 Å². The van der Waals surface area contributed by atoms with Crippen LogP contribution in [0.1, 0.15) is 40.2 Å². The molecule has 2 amide bonds. The highest BCUT2D eigenvalue weighted by Crippen LogP contribution is 2.39. The van der Waals surface area contributed by atoms with Crippen molar-refractivity contribution in [1.82, 2.24) is 10.2 Å². The third-order valence-corrected chi connectivity index (χ3v) is 5.02. The van der Waals surface area contributed by atoms with Crippen LogP contribution in [0.15, 0.2) is 30.3 Å². The van der Waals surface area contributed by atoms with Gasteiger partial charge in [0.25, 0.3) is 0 Å². The van der Waals surface area contributed by atoms with Crippen LogP contribution in [0.2, 0.25) is 0 Å². The highest BCUT2D eigenvalue weighted by molar-refractivity contribution is 5.76. The maximum atomic E-state index is 12.9. The SMILES string of the molecule is CC(C)(C)OC(=O)N1C[C@H](C(=O)O)[C@@H]2OC(C)(C)O[C@@H]2[C@H]1NC(=O)OCc1ccccc1. The summed E-state index contributed by atoms with van der Waals surface area (Å²) in [6.07, 6.45) is -4.41. The Morgan fingerprint density at radius 3 is 2.38 bits per heavy atom. The number of carbonyl (C=O) groups excluding carboxylic acids is 2. The largest absolute Gasteiger partial charge is 0.481 e. The van der Waals surface area contributed by atoms with E-state index in [1.807, 2.05) is 30.3 Å². The molecular weight excluding hydrogens is 420 g/mol. The molecule has 2 N–H and O–H groups in total. The molecule has 2 aliphatic heterocycles. The van der Waals surface area contributed by atoms with E-state index in [1.165, 1.54) is 0 Å². The fourth-order valence-electron chi connectivity index (χ4n) is 3.75. The van der Waals surface area contributed by atoms with E-state index < -0.39 is 53.8 Å². The zero-order valence-corrected chi connectivity index (χ0v) is 18.9. The lowest BCUT2D eigenvalue weighted by Gasteiger charge is -2.43. The Morgan fingerprint density at radius 2 is 1.78 bits per heavy atom. The van der Waals surface area contributed by atoms with Gasteiger partial charge in [-0.3, -0.25) is 15.0 Å². The molecule has 0 spiro atoms. The molecule has 2 fully saturated rings. The Bertz CT molecular complexity index is 851. The lowest BCUT2D eigenvalue weighted by Crippen LogP contribution is -2.67. The number of alkyl carbamates (subject to hydrolysis) is 1. The van der Waals surface area contributed by atoms with Crippen LogP contribution >= 0.6 is 0 Å². The maximum absolute atomic E-state index is 12.9. The monoisotopic (exact) mass is 450 g/mol. The molecule has 2 heterocycles. The minimum absolute atomic E-state index is 0.0283. The number of ether oxygens (including phenoxy) is 4. The number of benzene rings is 1. The van der Waals surface area contributed by atoms with Crippen molar-refractivity contribution in [1.29, 1.82) is 0 Å². The summed E-state index contributed by atoms with van der Waals surface area (Å²) in [6.45, 7) is 8.18. The number of nitrogens with one attached hydrogen (secondary N) is 1. The number of carbonyl (C=O) groups is 3. The number of rotatable bonds is 4. The normalized spacial score (nSPS) is 26.7. The molecule has 0 unspecified atom stereocenters. The van der Waals surface area contributed by atoms with Crippen LogP contribution in [0, 0.1) is 5.92 Å². The summed E-state index contributed by atoms with van der Waals surface area (Å²) in [4.78, 5) is 38.6. The van der Waals surface area contributed by atoms with Gasteiger partial charge in [0.1, 0.15) is 36.5 Å². The smallest absolute Gasteiger partial charge is 0.412 e. The van der Waals surface area contributed by atoms with Gasteiger partial charge in [-0.05, 0) is 40.2 Å². The van der Waals surface area contributed by atoms with Crippen LogP contribution in [0.4, 0.5) is 9.59 Å². The second kappa shape index (κ2) is 8.95. The van der Waals surface area contributed by atoms with Crippen LogP contribution in [0.25, 0.3) is 0 Å². The summed E-state index contributed by atoms with van der Waals surface area (Å²) in [5.74, 6) is -3.30. The molecule has 1 aromatic carbocycles. The van der Waals surface area contributed by atoms with E-state index in [2.05, 4.69) is 5.32 Å². The quantitative estimate of drug-likeness (QED) is 0.718. The molecule has 2 aliphatic rings. The number of likely N-dealkylation sites (tertiary alicyclic amines) is 1. The molecule has 0 radical (unpaired) electrons. The average Bonchev–Trinajstić information content (AvgIpc) is 3.00. The van der Waals surface area contributed by atoms with E-state index in [-0.39, 0.29) is 13.2 Å². The lowest BCUT2D eigenvalue weighted by molar-refractivity contribution is -0.159. The van der Waals surface area contributed by atoms with Gasteiger partial charge in [0.05, 0.1) is 0 Å². The van der Waals surface area contributed by atoms with Gasteiger partial charge < -0.3 is 24.1 Å². The second-order valence-corrected chi connectivity index (χ2v) is 9.29. The molecular formula is C22H30N2O8. The van der Waals surface area contributed by atoms with Gasteiger partial charge in [0.15, 0.2) is 5.79 Å². The number of hydrogen-bond acceptors (Lipinski definition) is 7. The van der Waals surface area contributed by atoms with E-state index in [0.29, 0.717) is 0 Å². The Labute approximate surface area is 186 Å². The fraction of sp³-hybridized carbons (Fsp3) is 0.591. The Hall–Kier alpha value is -2.85. The Balaban J connectivity index is 1.82. The van der Waals surface area contributed by atoms with Crippen LogP contribution in [-0.4, -0.2) is 64.5 Å². The first-order valence-electron chi connectivity index (χ1n) is 10.4. The van der Waals surface area contributed by atoms with E-state index in [4.69, 9.17) is 18.9 Å². The van der Waals surface area contributed by atoms with Crippen LogP contribution in [-0.2, 0) is 30.3 Å². The summed E-state index contributed by atoms with van der Waals surface area (Å²) < 4.78 is 22.5. The van der Waals surface area contributed by atoms with Crippen LogP contribution < -0.4 is 5.32 Å². The molecule has 32 heavy (non-hydrogen) atoms. The van der Waals surface area contributed by atoms with Gasteiger partial charge in [0, 0.05) is 6.54 Å². The third kappa shape index (κ3) is 5.68. The van der Waals surface area contributed by atoms with E-state index in [0.717, 1.165) is 10.5 Å². The average molecular weight is 450 g/mol. The number of aliphatic carboxylic acids is 1. The second-order valence-electron chi connectivity index (χ2n) is 9.29. The van der Waals surface area contributed by atoms with Gasteiger partial charge >= 0.3 is 18.2 Å². The van der Waals surface area contributed by atoms with Crippen molar-refractivity contribution in [3.8, 4) is 0 Å². The highest BCUT2D eigenvalue weighted by atomic mass is 16.8. The minimum atomic E-state index is -1.14. The standard InChI is InChI=1S/C22H30N2O8/c1-21(2,3)32-20(28)24-11-14(18(25)26)15-16(31-22(4,5)30-15)17(24)23-19(27)29-12-13-9-7-6-8-10-13/h6-10,14-17H,11-12H2,1-5H3,(H,23,27)(H,25,26)/t14-,15-,16-,17-/m0/s1. The minimum Gasteiger partial charge on any atom is -0.481 e. The number of hydrogen-bond donors (Lipinski definition) is 2. The van der Waals surface area contributed by atoms with E-state index in [9.17, 15) is 19.5 Å². The zero-order valence-electron chi connectivity index (χ0n) is 18.9. The molecule has 0 saturated carbocycles. The van der Waals surface area contributed by atoms with E-state index >= 15 is 0 Å². The first kappa shape index (κ1) is 23.8. The molecule has 10 nitrogen and oxygen atoms in total. The number of carboxylic acids is 1. The Kier molecular flexibility index (Phi) is 6.66. The van der Waals surface area contributed by atoms with Crippen molar-refractivity contribution >= 4 is 18.2 Å². The number of nitrogens with zero attached hydrogens (tertiary/aromatic N) is 1. The maximum Gasteiger partial charge on any atom is 0.412 e. The summed E-state index contributed by atoms with van der Waals surface area (Å²) >= 11 is 0. The predicted molar refractivity (Wildman–Crippen MR) is 111 cm³/mol. The number of fused-ring (bicyclic) bond motifs is 1. The van der Waals surface area contributed by atoms with Gasteiger partial charge in [0.2, 0.25) is 0 Å². The van der Waals surface area contributed by atoms with Crippen molar-refractivity contribution in [2.45, 2.75) is 71.0 Å². The molecule has 10 heteroatoms. The van der Waals surface area contributed by atoms with Gasteiger partial charge in [-0.15, -0.1) is 0 Å². The number of amides is 2. The molecule has 3 rings (SSSR count). The van der Waals surface area contributed by atoms with Crippen LogP contribution in [0.3, 0.4) is 0 Å². The van der Waals surface area contributed by atoms with Crippen molar-refractivity contribution in [3.05, 3.63) is 35.9 Å². The summed E-state index contributed by atoms with van der Waals surface area (Å²) in [5.41, 5.74) is -0.0298. The van der Waals surface area contributed by atoms with Crippen LogP contribution in [0.5, 0.6) is 0 Å². The number of piperidine rings is 1. The zero-order chi connectivity index (χ0) is 23.7. The first-order valence-corrected chi connectivity index (χ1v) is 10.4. The van der Waals surface area contributed by atoms with E-state index in [1.54, 1.807) is 34.6 Å². The molecule has 176 valence electrons.